The number of amidine groups is 1. The molecule has 1 aliphatic rings. The molecule has 1 aliphatic heterocycles. The van der Waals surface area contributed by atoms with E-state index in [9.17, 15) is 0 Å². The minimum atomic E-state index is 0.109. The average molecular weight is 261 g/mol. The lowest BCUT2D eigenvalue weighted by atomic mass is 10.1. The normalized spacial score (nSPS) is 17.3. The fourth-order valence-electron chi connectivity index (χ4n) is 2.64. The van der Waals surface area contributed by atoms with Crippen molar-refractivity contribution in [1.82, 2.24) is 9.88 Å². The maximum atomic E-state index is 7.80. The highest BCUT2D eigenvalue weighted by atomic mass is 15.2. The van der Waals surface area contributed by atoms with Crippen LogP contribution in [0.4, 0.5) is 5.82 Å². The van der Waals surface area contributed by atoms with Crippen molar-refractivity contribution >= 4 is 11.7 Å². The zero-order chi connectivity index (χ0) is 14.0. The zero-order valence-corrected chi connectivity index (χ0v) is 12.0. The summed E-state index contributed by atoms with van der Waals surface area (Å²) in [6, 6.07) is 1.99. The van der Waals surface area contributed by atoms with Crippen LogP contribution in [0.5, 0.6) is 0 Å². The van der Waals surface area contributed by atoms with Crippen LogP contribution < -0.4 is 10.6 Å². The molecule has 0 radical (unpaired) electrons. The summed E-state index contributed by atoms with van der Waals surface area (Å²) in [5.74, 6) is 0.984. The van der Waals surface area contributed by atoms with Gasteiger partial charge in [-0.3, -0.25) is 5.41 Å². The molecule has 1 aromatic rings. The van der Waals surface area contributed by atoms with Crippen molar-refractivity contribution in [3.05, 3.63) is 22.9 Å². The average Bonchev–Trinajstić information content (AvgIpc) is 2.52. The van der Waals surface area contributed by atoms with Crippen molar-refractivity contribution in [2.24, 2.45) is 5.73 Å². The van der Waals surface area contributed by atoms with Gasteiger partial charge in [-0.2, -0.15) is 0 Å². The molecule has 19 heavy (non-hydrogen) atoms. The molecule has 2 rings (SSSR count). The number of likely N-dealkylation sites (N-methyl/N-ethyl adjacent to an activating group) is 1. The van der Waals surface area contributed by atoms with Crippen molar-refractivity contribution in [3.63, 3.8) is 0 Å². The molecule has 1 saturated heterocycles. The van der Waals surface area contributed by atoms with Crippen LogP contribution in [-0.2, 0) is 0 Å². The Bertz CT molecular complexity index is 483. The SMILES string of the molecule is Cc1cc(C)c(C(=N)N)c(N2CCCN(C)CC2)n1. The second kappa shape index (κ2) is 5.57. The number of nitrogens with zero attached hydrogens (tertiary/aromatic N) is 3. The van der Waals surface area contributed by atoms with Gasteiger partial charge in [0.25, 0.3) is 0 Å². The monoisotopic (exact) mass is 261 g/mol. The number of hydrogen-bond donors (Lipinski definition) is 2. The lowest BCUT2D eigenvalue weighted by Crippen LogP contribution is -2.32. The van der Waals surface area contributed by atoms with E-state index in [4.69, 9.17) is 11.1 Å². The topological polar surface area (TPSA) is 69.2 Å². The molecule has 104 valence electrons. The Hall–Kier alpha value is -1.62. The van der Waals surface area contributed by atoms with Gasteiger partial charge in [0.2, 0.25) is 0 Å². The molecule has 5 heteroatoms. The molecule has 0 saturated carbocycles. The summed E-state index contributed by atoms with van der Waals surface area (Å²) in [7, 11) is 2.14. The van der Waals surface area contributed by atoms with Crippen LogP contribution in [0.15, 0.2) is 6.07 Å². The molecule has 2 heterocycles. The molecule has 0 aromatic carbocycles. The number of rotatable bonds is 2. The summed E-state index contributed by atoms with van der Waals surface area (Å²) in [5.41, 5.74) is 8.55. The van der Waals surface area contributed by atoms with E-state index in [-0.39, 0.29) is 5.84 Å². The van der Waals surface area contributed by atoms with Gasteiger partial charge in [0.05, 0.1) is 5.56 Å². The second-order valence-corrected chi connectivity index (χ2v) is 5.34. The van der Waals surface area contributed by atoms with Gasteiger partial charge in [-0.15, -0.1) is 0 Å². The van der Waals surface area contributed by atoms with Crippen LogP contribution in [0.25, 0.3) is 0 Å². The number of hydrogen-bond acceptors (Lipinski definition) is 4. The van der Waals surface area contributed by atoms with E-state index in [2.05, 4.69) is 21.8 Å². The number of nitrogens with one attached hydrogen (secondary N) is 1. The van der Waals surface area contributed by atoms with E-state index in [1.54, 1.807) is 0 Å². The van der Waals surface area contributed by atoms with Gasteiger partial charge < -0.3 is 15.5 Å². The number of nitrogen functional groups attached to an aromatic ring is 1. The molecule has 0 amide bonds. The Morgan fingerprint density at radius 1 is 1.26 bits per heavy atom. The van der Waals surface area contributed by atoms with Crippen molar-refractivity contribution in [3.8, 4) is 0 Å². The van der Waals surface area contributed by atoms with Crippen LogP contribution in [0.1, 0.15) is 23.2 Å². The Labute approximate surface area is 114 Å². The molecule has 5 nitrogen and oxygen atoms in total. The maximum Gasteiger partial charge on any atom is 0.140 e. The molecular weight excluding hydrogens is 238 g/mol. The van der Waals surface area contributed by atoms with E-state index >= 15 is 0 Å². The van der Waals surface area contributed by atoms with Crippen LogP contribution in [0.2, 0.25) is 0 Å². The zero-order valence-electron chi connectivity index (χ0n) is 12.0. The van der Waals surface area contributed by atoms with Crippen molar-refractivity contribution < 1.29 is 0 Å². The third-order valence-electron chi connectivity index (χ3n) is 3.61. The van der Waals surface area contributed by atoms with Crippen LogP contribution in [0.3, 0.4) is 0 Å². The highest BCUT2D eigenvalue weighted by Gasteiger charge is 2.20. The predicted molar refractivity (Wildman–Crippen MR) is 79.1 cm³/mol. The van der Waals surface area contributed by atoms with E-state index in [1.807, 2.05) is 19.9 Å². The molecular formula is C14H23N5. The van der Waals surface area contributed by atoms with Gasteiger partial charge in [-0.05, 0) is 45.5 Å². The van der Waals surface area contributed by atoms with Crippen LogP contribution in [-0.4, -0.2) is 48.9 Å². The molecule has 0 spiro atoms. The molecule has 1 fully saturated rings. The van der Waals surface area contributed by atoms with Gasteiger partial charge in [0, 0.05) is 25.3 Å². The van der Waals surface area contributed by atoms with Gasteiger partial charge >= 0.3 is 0 Å². The van der Waals surface area contributed by atoms with Crippen molar-refractivity contribution in [2.45, 2.75) is 20.3 Å². The second-order valence-electron chi connectivity index (χ2n) is 5.34. The highest BCUT2D eigenvalue weighted by Crippen LogP contribution is 2.23. The number of anilines is 1. The summed E-state index contributed by atoms with van der Waals surface area (Å²) >= 11 is 0. The van der Waals surface area contributed by atoms with Gasteiger partial charge in [0.15, 0.2) is 0 Å². The third kappa shape index (κ3) is 3.04. The Kier molecular flexibility index (Phi) is 4.04. The van der Waals surface area contributed by atoms with Crippen LogP contribution in [0, 0.1) is 19.3 Å². The quantitative estimate of drug-likeness (QED) is 0.618. The molecule has 0 atom stereocenters. The van der Waals surface area contributed by atoms with Gasteiger partial charge in [-0.25, -0.2) is 4.98 Å². The largest absolute Gasteiger partial charge is 0.384 e. The first kappa shape index (κ1) is 13.8. The minimum absolute atomic E-state index is 0.109. The Morgan fingerprint density at radius 2 is 2.00 bits per heavy atom. The minimum Gasteiger partial charge on any atom is -0.384 e. The smallest absolute Gasteiger partial charge is 0.140 e. The predicted octanol–water partition coefficient (Wildman–Crippen LogP) is 1.12. The van der Waals surface area contributed by atoms with E-state index in [0.29, 0.717) is 0 Å². The summed E-state index contributed by atoms with van der Waals surface area (Å²) in [6.07, 6.45) is 1.11. The number of aromatic nitrogens is 1. The number of nitrogens with two attached hydrogens (primary N) is 1. The molecule has 0 aliphatic carbocycles. The first-order chi connectivity index (χ1) is 8.99. The Balaban J connectivity index is 2.39. The summed E-state index contributed by atoms with van der Waals surface area (Å²) in [6.45, 7) is 8.03. The number of aryl methyl sites for hydroxylation is 2. The highest BCUT2D eigenvalue weighted by molar-refractivity contribution is 6.01. The summed E-state index contributed by atoms with van der Waals surface area (Å²) < 4.78 is 0. The van der Waals surface area contributed by atoms with Crippen molar-refractivity contribution in [2.75, 3.05) is 38.1 Å². The molecule has 1 aromatic heterocycles. The van der Waals surface area contributed by atoms with Crippen LogP contribution >= 0.6 is 0 Å². The molecule has 0 unspecified atom stereocenters. The van der Waals surface area contributed by atoms with E-state index < -0.39 is 0 Å². The summed E-state index contributed by atoms with van der Waals surface area (Å²) in [5, 5.41) is 7.80. The first-order valence-electron chi connectivity index (χ1n) is 6.75. The van der Waals surface area contributed by atoms with Gasteiger partial charge in [0.1, 0.15) is 11.7 Å². The standard InChI is InChI=1S/C14H23N5/c1-10-9-11(2)17-14(12(10)13(15)16)19-6-4-5-18(3)7-8-19/h9H,4-8H2,1-3H3,(H3,15,16). The molecule has 0 bridgehead atoms. The number of pyridine rings is 1. The fourth-order valence-corrected chi connectivity index (χ4v) is 2.64. The van der Waals surface area contributed by atoms with E-state index in [0.717, 1.165) is 55.2 Å². The lowest BCUT2D eigenvalue weighted by molar-refractivity contribution is 0.360. The summed E-state index contributed by atoms with van der Waals surface area (Å²) in [4.78, 5) is 9.23. The maximum absolute atomic E-state index is 7.80. The Morgan fingerprint density at radius 3 is 2.68 bits per heavy atom. The third-order valence-corrected chi connectivity index (χ3v) is 3.61. The fraction of sp³-hybridized carbons (Fsp3) is 0.571. The van der Waals surface area contributed by atoms with Gasteiger partial charge in [-0.1, -0.05) is 0 Å². The first-order valence-corrected chi connectivity index (χ1v) is 6.75. The van der Waals surface area contributed by atoms with Crippen molar-refractivity contribution in [1.29, 1.82) is 5.41 Å². The van der Waals surface area contributed by atoms with E-state index in [1.165, 1.54) is 0 Å². The lowest BCUT2D eigenvalue weighted by Gasteiger charge is -2.25. The molecule has 3 N–H and O–H groups in total.